The average Bonchev–Trinajstić information content (AvgIpc) is 2.27. The van der Waals surface area contributed by atoms with Crippen LogP contribution in [0.25, 0.3) is 0 Å². The van der Waals surface area contributed by atoms with Crippen molar-refractivity contribution in [3.05, 3.63) is 24.3 Å². The molecular formula is C12H12O8. The smallest absolute Gasteiger partial charge is 0.326 e. The Labute approximate surface area is 112 Å². The molecule has 4 N–H and O–H groups in total. The van der Waals surface area contributed by atoms with Crippen molar-refractivity contribution >= 4 is 23.9 Å². The minimum Gasteiger partial charge on any atom is -0.480 e. The quantitative estimate of drug-likeness (QED) is 0.535. The van der Waals surface area contributed by atoms with E-state index in [9.17, 15) is 39.6 Å². The summed E-state index contributed by atoms with van der Waals surface area (Å²) in [7, 11) is 0. The number of hydrogen-bond acceptors (Lipinski definition) is 4. The molecule has 0 amide bonds. The molecule has 1 aliphatic rings. The van der Waals surface area contributed by atoms with Crippen LogP contribution in [0.1, 0.15) is 12.8 Å². The molecule has 0 aromatic heterocycles. The van der Waals surface area contributed by atoms with E-state index < -0.39 is 41.1 Å². The lowest BCUT2D eigenvalue weighted by molar-refractivity contribution is -0.191. The van der Waals surface area contributed by atoms with E-state index in [0.29, 0.717) is 6.08 Å². The van der Waals surface area contributed by atoms with Crippen LogP contribution in [0.4, 0.5) is 0 Å². The van der Waals surface area contributed by atoms with Crippen LogP contribution in [-0.2, 0) is 19.2 Å². The van der Waals surface area contributed by atoms with E-state index in [1.54, 1.807) is 0 Å². The molecule has 1 aliphatic carbocycles. The SMILES string of the molecule is O=C(O)C1(C(=O)O)C=CC=CCCC1(C(=O)O)C(=O)O. The Morgan fingerprint density at radius 3 is 1.70 bits per heavy atom. The molecule has 0 atom stereocenters. The summed E-state index contributed by atoms with van der Waals surface area (Å²) in [4.78, 5) is 45.7. The maximum atomic E-state index is 11.4. The molecule has 108 valence electrons. The maximum absolute atomic E-state index is 11.4. The van der Waals surface area contributed by atoms with Crippen LogP contribution < -0.4 is 0 Å². The highest BCUT2D eigenvalue weighted by atomic mass is 16.4. The number of hydrogen-bond donors (Lipinski definition) is 4. The molecule has 0 radical (unpaired) electrons. The number of allylic oxidation sites excluding steroid dienone is 3. The van der Waals surface area contributed by atoms with Crippen molar-refractivity contribution in [2.45, 2.75) is 12.8 Å². The van der Waals surface area contributed by atoms with E-state index in [-0.39, 0.29) is 6.42 Å². The number of carbonyl (C=O) groups is 4. The molecule has 1 rings (SSSR count). The summed E-state index contributed by atoms with van der Waals surface area (Å²) in [6, 6.07) is 0. The second-order valence-electron chi connectivity index (χ2n) is 4.26. The number of rotatable bonds is 4. The van der Waals surface area contributed by atoms with Gasteiger partial charge in [0, 0.05) is 0 Å². The van der Waals surface area contributed by atoms with Crippen molar-refractivity contribution in [3.63, 3.8) is 0 Å². The van der Waals surface area contributed by atoms with Gasteiger partial charge in [-0.1, -0.05) is 24.3 Å². The fourth-order valence-electron chi connectivity index (χ4n) is 2.26. The maximum Gasteiger partial charge on any atom is 0.326 e. The summed E-state index contributed by atoms with van der Waals surface area (Å²) in [6.45, 7) is 0. The first kappa shape index (κ1) is 15.4. The van der Waals surface area contributed by atoms with Gasteiger partial charge in [-0.25, -0.2) is 0 Å². The summed E-state index contributed by atoms with van der Waals surface area (Å²) in [5.41, 5.74) is -6.08. The van der Waals surface area contributed by atoms with Crippen molar-refractivity contribution in [2.75, 3.05) is 0 Å². The van der Waals surface area contributed by atoms with Crippen molar-refractivity contribution in [3.8, 4) is 0 Å². The molecule has 0 spiro atoms. The van der Waals surface area contributed by atoms with E-state index in [4.69, 9.17) is 0 Å². The standard InChI is InChI=1S/C12H12O8/c13-7(14)11(8(15)16)5-3-1-2-4-6-12(11,9(17)18)10(19)20/h1-3,5H,4,6H2,(H,13,14)(H,15,16)(H,17,18)(H,19,20). The Bertz CT molecular complexity index is 500. The highest BCUT2D eigenvalue weighted by Gasteiger charge is 2.70. The summed E-state index contributed by atoms with van der Waals surface area (Å²) in [5.74, 6) is -8.09. The molecule has 20 heavy (non-hydrogen) atoms. The number of carboxylic acids is 4. The van der Waals surface area contributed by atoms with Gasteiger partial charge in [0.2, 0.25) is 5.41 Å². The van der Waals surface area contributed by atoms with Crippen LogP contribution in [0, 0.1) is 10.8 Å². The highest BCUT2D eigenvalue weighted by Crippen LogP contribution is 2.47. The van der Waals surface area contributed by atoms with Crippen LogP contribution in [0.2, 0.25) is 0 Å². The second kappa shape index (κ2) is 5.16. The van der Waals surface area contributed by atoms with Crippen LogP contribution in [0.5, 0.6) is 0 Å². The molecular weight excluding hydrogens is 272 g/mol. The molecule has 0 saturated heterocycles. The molecule has 0 aromatic rings. The van der Waals surface area contributed by atoms with Crippen molar-refractivity contribution < 1.29 is 39.6 Å². The summed E-state index contributed by atoms with van der Waals surface area (Å²) >= 11 is 0. The molecule has 0 fully saturated rings. The Morgan fingerprint density at radius 1 is 0.800 bits per heavy atom. The highest BCUT2D eigenvalue weighted by molar-refractivity contribution is 6.14. The fraction of sp³-hybridized carbons (Fsp3) is 0.333. The van der Waals surface area contributed by atoms with Crippen molar-refractivity contribution in [1.29, 1.82) is 0 Å². The molecule has 0 bridgehead atoms. The first-order valence-electron chi connectivity index (χ1n) is 5.51. The third-order valence-corrected chi connectivity index (χ3v) is 3.36. The number of aliphatic carboxylic acids is 4. The molecule has 0 unspecified atom stereocenters. The van der Waals surface area contributed by atoms with E-state index >= 15 is 0 Å². The van der Waals surface area contributed by atoms with Gasteiger partial charge in [-0.05, 0) is 12.8 Å². The predicted molar refractivity (Wildman–Crippen MR) is 62.9 cm³/mol. The van der Waals surface area contributed by atoms with E-state index in [2.05, 4.69) is 0 Å². The van der Waals surface area contributed by atoms with Gasteiger partial charge in [0.25, 0.3) is 0 Å². The molecule has 0 aromatic carbocycles. The average molecular weight is 284 g/mol. The lowest BCUT2D eigenvalue weighted by Crippen LogP contribution is -2.60. The first-order valence-corrected chi connectivity index (χ1v) is 5.51. The van der Waals surface area contributed by atoms with Gasteiger partial charge in [-0.3, -0.25) is 19.2 Å². The van der Waals surface area contributed by atoms with Gasteiger partial charge in [-0.2, -0.15) is 0 Å². The second-order valence-corrected chi connectivity index (χ2v) is 4.26. The van der Waals surface area contributed by atoms with Crippen LogP contribution in [0.3, 0.4) is 0 Å². The first-order chi connectivity index (χ1) is 9.23. The zero-order valence-corrected chi connectivity index (χ0v) is 10.1. The van der Waals surface area contributed by atoms with Gasteiger partial charge in [-0.15, -0.1) is 0 Å². The lowest BCUT2D eigenvalue weighted by atomic mass is 9.60. The molecule has 8 nitrogen and oxygen atoms in total. The monoisotopic (exact) mass is 284 g/mol. The van der Waals surface area contributed by atoms with E-state index in [1.165, 1.54) is 12.2 Å². The van der Waals surface area contributed by atoms with Gasteiger partial charge < -0.3 is 20.4 Å². The number of carboxylic acid groups (broad SMARTS) is 4. The zero-order valence-electron chi connectivity index (χ0n) is 10.1. The fourth-order valence-corrected chi connectivity index (χ4v) is 2.26. The topological polar surface area (TPSA) is 149 Å². The molecule has 8 heteroatoms. The predicted octanol–water partition coefficient (Wildman–Crippen LogP) is 0.204. The molecule has 0 aliphatic heterocycles. The Balaban J connectivity index is 3.81. The van der Waals surface area contributed by atoms with Crippen LogP contribution >= 0.6 is 0 Å². The Morgan fingerprint density at radius 2 is 1.30 bits per heavy atom. The summed E-state index contributed by atoms with van der Waals surface area (Å²) < 4.78 is 0. The van der Waals surface area contributed by atoms with E-state index in [1.807, 2.05) is 0 Å². The normalized spacial score (nSPS) is 19.6. The Kier molecular flexibility index (Phi) is 3.97. The van der Waals surface area contributed by atoms with E-state index in [0.717, 1.165) is 6.08 Å². The third-order valence-electron chi connectivity index (χ3n) is 3.36. The molecule has 0 saturated carbocycles. The van der Waals surface area contributed by atoms with Crippen LogP contribution in [-0.4, -0.2) is 44.3 Å². The van der Waals surface area contributed by atoms with Crippen molar-refractivity contribution in [1.82, 2.24) is 0 Å². The van der Waals surface area contributed by atoms with Gasteiger partial charge in [0.1, 0.15) is 0 Å². The summed E-state index contributed by atoms with van der Waals surface area (Å²) in [5, 5.41) is 36.9. The minimum atomic E-state index is -3.09. The van der Waals surface area contributed by atoms with Crippen molar-refractivity contribution in [2.24, 2.45) is 10.8 Å². The minimum absolute atomic E-state index is 0.0781. The largest absolute Gasteiger partial charge is 0.480 e. The summed E-state index contributed by atoms with van der Waals surface area (Å²) in [6.07, 6.45) is 3.67. The zero-order chi connectivity index (χ0) is 15.6. The lowest BCUT2D eigenvalue weighted by Gasteiger charge is -2.37. The van der Waals surface area contributed by atoms with Crippen LogP contribution in [0.15, 0.2) is 24.3 Å². The molecule has 0 heterocycles. The third kappa shape index (κ3) is 1.85. The van der Waals surface area contributed by atoms with Gasteiger partial charge in [0.05, 0.1) is 0 Å². The van der Waals surface area contributed by atoms with Gasteiger partial charge in [0.15, 0.2) is 5.41 Å². The Hall–Kier alpha value is -2.64. The van der Waals surface area contributed by atoms with Gasteiger partial charge >= 0.3 is 23.9 Å².